The number of ether oxygens (including phenoxy) is 6. The molecule has 0 saturated carbocycles. The van der Waals surface area contributed by atoms with Gasteiger partial charge in [-0.1, -0.05) is 39.7 Å². The molecule has 0 atom stereocenters. The summed E-state index contributed by atoms with van der Waals surface area (Å²) in [6.45, 7) is 2.10. The first-order chi connectivity index (χ1) is 20.3. The molecule has 2 heterocycles. The molecular weight excluding hydrogens is 650 g/mol. The molecule has 3 aromatic carbocycles. The monoisotopic (exact) mass is 671 g/mol. The van der Waals surface area contributed by atoms with Crippen molar-refractivity contribution in [1.82, 2.24) is 0 Å². The maximum atomic E-state index is 13.1. The number of carbonyl (C=O) groups is 2. The number of fused-ring (bicyclic) bond motifs is 1. The second kappa shape index (κ2) is 12.4. The van der Waals surface area contributed by atoms with E-state index < -0.39 is 11.9 Å². The standard InChI is InChI=1S/C30H23BrClNO8S/c1-5-39-21-11-15(6-9-20(21)40-29(34)16-12-22(36-2)26(38-4)23(13-16)37-3)10-19-30(35)41-28(33-19)27-25(32)18-8-7-17(31)14-24(18)42-27/h6-14H,5H2,1-4H3/b19-10+. The van der Waals surface area contributed by atoms with Crippen LogP contribution in [0.5, 0.6) is 28.7 Å². The lowest BCUT2D eigenvalue weighted by molar-refractivity contribution is -0.129. The van der Waals surface area contributed by atoms with Crippen LogP contribution in [0.3, 0.4) is 0 Å². The number of thiophene rings is 1. The summed E-state index contributed by atoms with van der Waals surface area (Å²) >= 11 is 11.4. The highest BCUT2D eigenvalue weighted by molar-refractivity contribution is 9.10. The van der Waals surface area contributed by atoms with Gasteiger partial charge in [-0.3, -0.25) is 0 Å². The zero-order valence-electron chi connectivity index (χ0n) is 22.8. The molecule has 1 aliphatic heterocycles. The van der Waals surface area contributed by atoms with Crippen molar-refractivity contribution in [2.24, 2.45) is 4.99 Å². The highest BCUT2D eigenvalue weighted by Gasteiger charge is 2.28. The number of rotatable bonds is 9. The van der Waals surface area contributed by atoms with E-state index in [2.05, 4.69) is 20.9 Å². The molecule has 0 fully saturated rings. The van der Waals surface area contributed by atoms with E-state index in [1.54, 1.807) is 31.2 Å². The number of cyclic esters (lactones) is 1. The summed E-state index contributed by atoms with van der Waals surface area (Å²) in [5, 5.41) is 1.31. The van der Waals surface area contributed by atoms with Crippen molar-refractivity contribution in [2.75, 3.05) is 27.9 Å². The lowest BCUT2D eigenvalue weighted by atomic mass is 10.1. The van der Waals surface area contributed by atoms with E-state index in [-0.39, 0.29) is 22.9 Å². The van der Waals surface area contributed by atoms with Gasteiger partial charge in [-0.2, -0.15) is 0 Å². The Labute approximate surface area is 258 Å². The number of esters is 2. The number of hydrogen-bond donors (Lipinski definition) is 0. The van der Waals surface area contributed by atoms with Gasteiger partial charge in [0.2, 0.25) is 11.6 Å². The van der Waals surface area contributed by atoms with Crippen molar-refractivity contribution < 1.29 is 38.0 Å². The predicted molar refractivity (Wildman–Crippen MR) is 164 cm³/mol. The summed E-state index contributed by atoms with van der Waals surface area (Å²) < 4.78 is 34.7. The van der Waals surface area contributed by atoms with Crippen molar-refractivity contribution in [3.05, 3.63) is 79.7 Å². The predicted octanol–water partition coefficient (Wildman–Crippen LogP) is 7.31. The van der Waals surface area contributed by atoms with Crippen molar-refractivity contribution in [3.63, 3.8) is 0 Å². The van der Waals surface area contributed by atoms with E-state index in [4.69, 9.17) is 40.0 Å². The van der Waals surface area contributed by atoms with Gasteiger partial charge in [0.05, 0.1) is 38.5 Å². The van der Waals surface area contributed by atoms with Gasteiger partial charge in [0.1, 0.15) is 4.88 Å². The van der Waals surface area contributed by atoms with E-state index in [9.17, 15) is 9.59 Å². The largest absolute Gasteiger partial charge is 0.493 e. The topological polar surface area (TPSA) is 102 Å². The molecule has 0 spiro atoms. The van der Waals surface area contributed by atoms with Crippen LogP contribution >= 0.6 is 38.9 Å². The van der Waals surface area contributed by atoms with Crippen LogP contribution in [0.25, 0.3) is 16.2 Å². The van der Waals surface area contributed by atoms with Gasteiger partial charge in [0.15, 0.2) is 28.7 Å². The first-order valence-corrected chi connectivity index (χ1v) is 14.4. The molecule has 5 rings (SSSR count). The molecule has 0 bridgehead atoms. The smallest absolute Gasteiger partial charge is 0.363 e. The highest BCUT2D eigenvalue weighted by atomic mass is 79.9. The third-order valence-electron chi connectivity index (χ3n) is 6.08. The Kier molecular flexibility index (Phi) is 8.72. The molecule has 12 heteroatoms. The Morgan fingerprint density at radius 1 is 1.00 bits per heavy atom. The molecular formula is C30H23BrClNO8S. The normalized spacial score (nSPS) is 13.6. The van der Waals surface area contributed by atoms with Gasteiger partial charge in [-0.15, -0.1) is 11.3 Å². The lowest BCUT2D eigenvalue weighted by Gasteiger charge is -2.15. The van der Waals surface area contributed by atoms with Crippen LogP contribution in [0.15, 0.2) is 63.7 Å². The molecule has 0 unspecified atom stereocenters. The van der Waals surface area contributed by atoms with Crippen LogP contribution in [0.1, 0.15) is 27.7 Å². The minimum absolute atomic E-state index is 0.0873. The molecule has 0 aliphatic carbocycles. The van der Waals surface area contributed by atoms with Crippen LogP contribution in [0.4, 0.5) is 0 Å². The molecule has 216 valence electrons. The minimum Gasteiger partial charge on any atom is -0.493 e. The van der Waals surface area contributed by atoms with Gasteiger partial charge < -0.3 is 28.4 Å². The summed E-state index contributed by atoms with van der Waals surface area (Å²) in [7, 11) is 4.38. The second-order valence-corrected chi connectivity index (χ2v) is 11.0. The molecule has 0 N–H and O–H groups in total. The molecule has 0 radical (unpaired) electrons. The third kappa shape index (κ3) is 5.80. The number of methoxy groups -OCH3 is 3. The van der Waals surface area contributed by atoms with Crippen molar-refractivity contribution in [2.45, 2.75) is 6.92 Å². The van der Waals surface area contributed by atoms with Crippen molar-refractivity contribution >= 4 is 72.9 Å². The second-order valence-electron chi connectivity index (χ2n) is 8.66. The number of benzene rings is 3. The van der Waals surface area contributed by atoms with Gasteiger partial charge in [0, 0.05) is 14.6 Å². The van der Waals surface area contributed by atoms with E-state index in [0.29, 0.717) is 45.1 Å². The summed E-state index contributed by atoms with van der Waals surface area (Å²) in [5.41, 5.74) is 0.847. The summed E-state index contributed by atoms with van der Waals surface area (Å²) in [6, 6.07) is 13.6. The average Bonchev–Trinajstić information content (AvgIpc) is 3.51. The van der Waals surface area contributed by atoms with Crippen LogP contribution in [0, 0.1) is 0 Å². The Morgan fingerprint density at radius 3 is 2.40 bits per heavy atom. The Morgan fingerprint density at radius 2 is 1.74 bits per heavy atom. The fraction of sp³-hybridized carbons (Fsp3) is 0.167. The van der Waals surface area contributed by atoms with Crippen LogP contribution in [-0.4, -0.2) is 45.8 Å². The number of nitrogens with zero attached hydrogens (tertiary/aromatic N) is 1. The number of carbonyl (C=O) groups excluding carboxylic acids is 2. The molecule has 0 amide bonds. The van der Waals surface area contributed by atoms with E-state index in [1.165, 1.54) is 44.8 Å². The summed E-state index contributed by atoms with van der Waals surface area (Å²) in [5.74, 6) is 0.295. The van der Waals surface area contributed by atoms with Crippen molar-refractivity contribution in [3.8, 4) is 28.7 Å². The minimum atomic E-state index is -0.665. The molecule has 9 nitrogen and oxygen atoms in total. The average molecular weight is 673 g/mol. The molecule has 1 aliphatic rings. The fourth-order valence-corrected chi connectivity index (χ4v) is 6.16. The van der Waals surface area contributed by atoms with Crippen LogP contribution in [0.2, 0.25) is 5.02 Å². The van der Waals surface area contributed by atoms with Gasteiger partial charge in [-0.05, 0) is 55.0 Å². The maximum absolute atomic E-state index is 13.1. The fourth-order valence-electron chi connectivity index (χ4n) is 4.17. The lowest BCUT2D eigenvalue weighted by Crippen LogP contribution is -2.11. The van der Waals surface area contributed by atoms with Gasteiger partial charge in [0.25, 0.3) is 0 Å². The van der Waals surface area contributed by atoms with Gasteiger partial charge >= 0.3 is 11.9 Å². The first kappa shape index (κ1) is 29.4. The van der Waals surface area contributed by atoms with E-state index >= 15 is 0 Å². The number of halogens is 2. The number of aliphatic imine (C=N–C) groups is 1. The van der Waals surface area contributed by atoms with Gasteiger partial charge in [-0.25, -0.2) is 14.6 Å². The molecule has 0 saturated heterocycles. The quantitative estimate of drug-likeness (QED) is 0.104. The summed E-state index contributed by atoms with van der Waals surface area (Å²) in [4.78, 5) is 30.7. The summed E-state index contributed by atoms with van der Waals surface area (Å²) in [6.07, 6.45) is 1.56. The maximum Gasteiger partial charge on any atom is 0.363 e. The Hall–Kier alpha value is -4.06. The number of hydrogen-bond acceptors (Lipinski definition) is 10. The zero-order valence-corrected chi connectivity index (χ0v) is 25.9. The van der Waals surface area contributed by atoms with E-state index in [0.717, 1.165) is 14.6 Å². The first-order valence-electron chi connectivity index (χ1n) is 12.5. The molecule has 1 aromatic heterocycles. The SMILES string of the molecule is CCOc1cc(/C=C2/N=C(c3sc4cc(Br)ccc4c3Cl)OC2=O)ccc1OC(=O)c1cc(OC)c(OC)c(OC)c1. The third-order valence-corrected chi connectivity index (χ3v) is 8.22. The van der Waals surface area contributed by atoms with Crippen LogP contribution < -0.4 is 23.7 Å². The Balaban J connectivity index is 1.43. The molecule has 42 heavy (non-hydrogen) atoms. The van der Waals surface area contributed by atoms with E-state index in [1.807, 2.05) is 18.2 Å². The highest BCUT2D eigenvalue weighted by Crippen LogP contribution is 2.40. The van der Waals surface area contributed by atoms with Crippen LogP contribution in [-0.2, 0) is 9.53 Å². The van der Waals surface area contributed by atoms with Crippen molar-refractivity contribution in [1.29, 1.82) is 0 Å². The molecule has 4 aromatic rings. The zero-order chi connectivity index (χ0) is 30.0. The Bertz CT molecular complexity index is 1760.